The van der Waals surface area contributed by atoms with Crippen molar-refractivity contribution in [3.8, 4) is 51.0 Å². The van der Waals surface area contributed by atoms with Gasteiger partial charge in [-0.15, -0.1) is 22.7 Å². The van der Waals surface area contributed by atoms with Gasteiger partial charge in [0.05, 0.1) is 45.9 Å². The Morgan fingerprint density at radius 3 is 1.74 bits per heavy atom. The Hall–Kier alpha value is -5.15. The topological polar surface area (TPSA) is 121 Å². The monoisotopic (exact) mass is 664 g/mol. The van der Waals surface area contributed by atoms with Crippen molar-refractivity contribution in [1.29, 1.82) is 15.8 Å². The molecule has 47 heavy (non-hydrogen) atoms. The van der Waals surface area contributed by atoms with Crippen molar-refractivity contribution >= 4 is 46.6 Å². The summed E-state index contributed by atoms with van der Waals surface area (Å²) >= 11 is 3.08. The van der Waals surface area contributed by atoms with Crippen molar-refractivity contribution in [1.82, 2.24) is 0 Å². The predicted molar refractivity (Wildman–Crippen MR) is 184 cm³/mol. The highest BCUT2D eigenvalue weighted by atomic mass is 32.1. The van der Waals surface area contributed by atoms with Gasteiger partial charge >= 0.3 is 0 Å². The number of rotatable bonds is 6. The summed E-state index contributed by atoms with van der Waals surface area (Å²) < 4.78 is 31.1. The fourth-order valence-electron chi connectivity index (χ4n) is 5.40. The van der Waals surface area contributed by atoms with Crippen LogP contribution in [0.25, 0.3) is 28.0 Å². The van der Waals surface area contributed by atoms with Crippen LogP contribution in [-0.4, -0.2) is 46.1 Å². The van der Waals surface area contributed by atoms with Crippen molar-refractivity contribution in [3.63, 3.8) is 0 Å². The summed E-state index contributed by atoms with van der Waals surface area (Å²) in [5.41, 5.74) is 1.75. The number of anilines is 1. The summed E-state index contributed by atoms with van der Waals surface area (Å²) in [4.78, 5) is 5.58. The molecule has 3 aliphatic heterocycles. The molecule has 0 bridgehead atoms. The first-order chi connectivity index (χ1) is 22.7. The van der Waals surface area contributed by atoms with E-state index in [-0.39, 0.29) is 16.9 Å². The number of hydrogen-bond acceptors (Lipinski definition) is 11. The molecule has 9 nitrogen and oxygen atoms in total. The van der Waals surface area contributed by atoms with Crippen LogP contribution in [0.15, 0.2) is 52.8 Å². The van der Waals surface area contributed by atoms with E-state index in [0.29, 0.717) is 49.2 Å². The number of allylic oxidation sites excluding steroid dienone is 2. The van der Waals surface area contributed by atoms with Crippen LogP contribution >= 0.6 is 22.7 Å². The van der Waals surface area contributed by atoms with Crippen LogP contribution in [0.5, 0.6) is 23.0 Å². The second-order valence-corrected chi connectivity index (χ2v) is 13.7. The van der Waals surface area contributed by atoms with Gasteiger partial charge in [-0.25, -0.2) is 0 Å². The Morgan fingerprint density at radius 1 is 0.745 bits per heavy atom. The van der Waals surface area contributed by atoms with Crippen molar-refractivity contribution in [2.75, 3.05) is 45.4 Å². The Kier molecular flexibility index (Phi) is 9.00. The van der Waals surface area contributed by atoms with Crippen LogP contribution in [0.4, 0.5) is 5.69 Å². The number of nitrogens with zero attached hydrogens (tertiary/aromatic N) is 4. The van der Waals surface area contributed by atoms with Gasteiger partial charge in [0, 0.05) is 38.2 Å². The number of ether oxygens (including phenoxy) is 5. The molecule has 0 atom stereocenters. The zero-order valence-corrected chi connectivity index (χ0v) is 28.1. The van der Waals surface area contributed by atoms with Crippen molar-refractivity contribution < 1.29 is 23.7 Å². The lowest BCUT2D eigenvalue weighted by molar-refractivity contribution is 0.0954. The molecule has 0 amide bonds. The van der Waals surface area contributed by atoms with Crippen LogP contribution in [0.2, 0.25) is 0 Å². The summed E-state index contributed by atoms with van der Waals surface area (Å²) in [6.07, 6.45) is 9.32. The molecule has 238 valence electrons. The molecule has 0 saturated heterocycles. The van der Waals surface area contributed by atoms with E-state index in [1.807, 2.05) is 32.3 Å². The first kappa shape index (κ1) is 31.8. The Bertz CT molecular complexity index is 1940. The lowest BCUT2D eigenvalue weighted by atomic mass is 9.94. The van der Waals surface area contributed by atoms with Crippen LogP contribution in [-0.2, 0) is 4.74 Å². The standard InChI is InChI=1S/C36H32N4O5S2/c1-36(2)26(25(21-39)29(45-36)23(19-37)20-38)12-14-28-31-33(44-18-6-16-42-31)35(47-28)34-32-30(41-15-5-17-43-32)27(46-34)13-9-22-7-10-24(11-8-22)40(3)4/h7-14H,5-6,15-18H2,1-4H3/b13-9+,14-12+. The van der Waals surface area contributed by atoms with Crippen molar-refractivity contribution in [2.24, 2.45) is 0 Å². The Labute approximate surface area is 282 Å². The minimum atomic E-state index is -0.936. The largest absolute Gasteiger partial charge is 0.488 e. The van der Waals surface area contributed by atoms with Gasteiger partial charge in [0.15, 0.2) is 34.3 Å². The fourth-order valence-corrected chi connectivity index (χ4v) is 7.71. The first-order valence-electron chi connectivity index (χ1n) is 15.1. The smallest absolute Gasteiger partial charge is 0.181 e. The van der Waals surface area contributed by atoms with E-state index >= 15 is 0 Å². The molecule has 0 fully saturated rings. The number of thiophene rings is 2. The second kappa shape index (κ2) is 13.3. The minimum absolute atomic E-state index is 0.0000788. The van der Waals surface area contributed by atoms with E-state index in [1.165, 1.54) is 11.3 Å². The molecule has 6 rings (SSSR count). The second-order valence-electron chi connectivity index (χ2n) is 11.6. The lowest BCUT2D eigenvalue weighted by Crippen LogP contribution is -2.20. The fraction of sp³-hybridized carbons (Fsp3) is 0.306. The molecule has 0 radical (unpaired) electrons. The van der Waals surface area contributed by atoms with E-state index in [4.69, 9.17) is 23.7 Å². The van der Waals surface area contributed by atoms with E-state index in [0.717, 1.165) is 49.4 Å². The number of hydrogen-bond donors (Lipinski definition) is 0. The molecular weight excluding hydrogens is 633 g/mol. The summed E-state index contributed by atoms with van der Waals surface area (Å²) in [5, 5.41) is 28.9. The quantitative estimate of drug-likeness (QED) is 0.242. The highest BCUT2D eigenvalue weighted by Gasteiger charge is 2.39. The summed E-state index contributed by atoms with van der Waals surface area (Å²) in [6, 6.07) is 14.2. The van der Waals surface area contributed by atoms with E-state index in [1.54, 1.807) is 31.3 Å². The molecule has 0 unspecified atom stereocenters. The zero-order chi connectivity index (χ0) is 33.1. The SMILES string of the molecule is CN(C)c1ccc(/C=C/c2sc(-c3sc(/C=C/C4=C(C#N)C(=C(C#N)C#N)OC4(C)C)c4c3OCCCO4)c3c2OCCCO3)cc1. The summed E-state index contributed by atoms with van der Waals surface area (Å²) in [7, 11) is 4.04. The molecular formula is C36H32N4O5S2. The first-order valence-corrected chi connectivity index (χ1v) is 16.8. The Morgan fingerprint density at radius 2 is 1.26 bits per heavy atom. The van der Waals surface area contributed by atoms with E-state index < -0.39 is 5.60 Å². The van der Waals surface area contributed by atoms with Gasteiger partial charge in [0.1, 0.15) is 29.4 Å². The third-order valence-corrected chi connectivity index (χ3v) is 10.2. The molecule has 5 heterocycles. The third-order valence-electron chi connectivity index (χ3n) is 7.77. The minimum Gasteiger partial charge on any atom is -0.488 e. The van der Waals surface area contributed by atoms with E-state index in [2.05, 4.69) is 47.4 Å². The van der Waals surface area contributed by atoms with Gasteiger partial charge in [-0.2, -0.15) is 15.8 Å². The van der Waals surface area contributed by atoms with Crippen LogP contribution in [0.3, 0.4) is 0 Å². The third kappa shape index (κ3) is 6.18. The predicted octanol–water partition coefficient (Wildman–Crippen LogP) is 7.98. The molecule has 2 aromatic heterocycles. The van der Waals surface area contributed by atoms with Crippen LogP contribution in [0, 0.1) is 34.0 Å². The van der Waals surface area contributed by atoms with Gasteiger partial charge in [0.2, 0.25) is 0 Å². The number of fused-ring (bicyclic) bond motifs is 2. The maximum atomic E-state index is 10.00. The lowest BCUT2D eigenvalue weighted by Gasteiger charge is -2.20. The molecule has 0 aliphatic carbocycles. The number of benzene rings is 1. The highest BCUT2D eigenvalue weighted by molar-refractivity contribution is 7.24. The molecule has 3 aliphatic rings. The van der Waals surface area contributed by atoms with Crippen molar-refractivity contribution in [2.45, 2.75) is 32.3 Å². The maximum Gasteiger partial charge on any atom is 0.181 e. The molecule has 1 aromatic carbocycles. The summed E-state index contributed by atoms with van der Waals surface area (Å²) in [5.74, 6) is 2.68. The van der Waals surface area contributed by atoms with Gasteiger partial charge in [-0.3, -0.25) is 0 Å². The molecule has 0 spiro atoms. The molecule has 0 N–H and O–H groups in total. The molecule has 11 heteroatoms. The van der Waals surface area contributed by atoms with Crippen molar-refractivity contribution in [3.05, 3.63) is 68.1 Å². The molecule has 0 saturated carbocycles. The van der Waals surface area contributed by atoms with Crippen LogP contribution in [0.1, 0.15) is 42.0 Å². The normalized spacial score (nSPS) is 16.7. The maximum absolute atomic E-state index is 10.00. The zero-order valence-electron chi connectivity index (χ0n) is 26.5. The van der Waals surface area contributed by atoms with Gasteiger partial charge in [0.25, 0.3) is 0 Å². The Balaban J connectivity index is 1.44. The van der Waals surface area contributed by atoms with Gasteiger partial charge in [-0.05, 0) is 43.7 Å². The van der Waals surface area contributed by atoms with E-state index in [9.17, 15) is 15.8 Å². The summed E-state index contributed by atoms with van der Waals surface area (Å²) in [6.45, 7) is 5.69. The number of nitriles is 3. The van der Waals surface area contributed by atoms with Gasteiger partial charge < -0.3 is 28.6 Å². The average Bonchev–Trinajstić information content (AvgIpc) is 3.46. The average molecular weight is 665 g/mol. The van der Waals surface area contributed by atoms with Gasteiger partial charge in [-0.1, -0.05) is 24.3 Å². The van der Waals surface area contributed by atoms with Crippen LogP contribution < -0.4 is 23.8 Å². The molecule has 3 aromatic rings. The highest BCUT2D eigenvalue weighted by Crippen LogP contribution is 2.58.